The van der Waals surface area contributed by atoms with Crippen LogP contribution in [-0.4, -0.2) is 13.1 Å². The molecule has 0 heterocycles. The van der Waals surface area contributed by atoms with Crippen molar-refractivity contribution in [3.05, 3.63) is 36.5 Å². The quantitative estimate of drug-likeness (QED) is 0.156. The van der Waals surface area contributed by atoms with Crippen LogP contribution in [0.5, 0.6) is 0 Å². The Labute approximate surface area is 156 Å². The molecular formula is C23H40O2. The summed E-state index contributed by atoms with van der Waals surface area (Å²) in [5.41, 5.74) is 0. The first-order valence-corrected chi connectivity index (χ1v) is 10.3. The van der Waals surface area contributed by atoms with Gasteiger partial charge >= 0.3 is 5.97 Å². The molecule has 0 unspecified atom stereocenters. The molecule has 0 rings (SSSR count). The Balaban J connectivity index is 3.19. The van der Waals surface area contributed by atoms with Crippen LogP contribution >= 0.6 is 0 Å². The van der Waals surface area contributed by atoms with E-state index in [-0.39, 0.29) is 5.97 Å². The maximum Gasteiger partial charge on any atom is 0.305 e. The third kappa shape index (κ3) is 20.6. The van der Waals surface area contributed by atoms with Crippen LogP contribution in [0.2, 0.25) is 0 Å². The predicted molar refractivity (Wildman–Crippen MR) is 110 cm³/mol. The van der Waals surface area contributed by atoms with Gasteiger partial charge in [0.2, 0.25) is 0 Å². The number of hydrogen-bond acceptors (Lipinski definition) is 2. The first-order chi connectivity index (χ1) is 12.3. The van der Waals surface area contributed by atoms with Gasteiger partial charge in [0.05, 0.1) is 7.11 Å². The molecular weight excluding hydrogens is 308 g/mol. The van der Waals surface area contributed by atoms with Gasteiger partial charge < -0.3 is 4.74 Å². The first kappa shape index (κ1) is 23.7. The molecule has 0 saturated carbocycles. The van der Waals surface area contributed by atoms with Crippen molar-refractivity contribution >= 4 is 5.97 Å². The second-order valence-corrected chi connectivity index (χ2v) is 6.59. The third-order valence-corrected chi connectivity index (χ3v) is 4.26. The van der Waals surface area contributed by atoms with Crippen LogP contribution in [0.15, 0.2) is 36.5 Å². The van der Waals surface area contributed by atoms with Crippen molar-refractivity contribution < 1.29 is 9.53 Å². The number of ether oxygens (including phenoxy) is 1. The van der Waals surface area contributed by atoms with Crippen LogP contribution in [0.4, 0.5) is 0 Å². The summed E-state index contributed by atoms with van der Waals surface area (Å²) in [6.45, 7) is 2.17. The molecule has 0 aromatic carbocycles. The van der Waals surface area contributed by atoms with E-state index in [0.29, 0.717) is 6.42 Å². The molecule has 0 bridgehead atoms. The number of allylic oxidation sites excluding steroid dienone is 6. The SMILES string of the molecule is CC/C=C/C/C=C/C/C=C\CCCCCCCCCCCC(=O)OC. The topological polar surface area (TPSA) is 26.3 Å². The maximum atomic E-state index is 11.0. The lowest BCUT2D eigenvalue weighted by atomic mass is 10.1. The molecule has 0 aliphatic carbocycles. The lowest BCUT2D eigenvalue weighted by Gasteiger charge is -2.02. The van der Waals surface area contributed by atoms with Crippen LogP contribution < -0.4 is 0 Å². The summed E-state index contributed by atoms with van der Waals surface area (Å²) >= 11 is 0. The number of unbranched alkanes of at least 4 members (excludes halogenated alkanes) is 9. The van der Waals surface area contributed by atoms with E-state index in [1.54, 1.807) is 0 Å². The Kier molecular flexibility index (Phi) is 19.6. The van der Waals surface area contributed by atoms with E-state index in [9.17, 15) is 4.79 Å². The third-order valence-electron chi connectivity index (χ3n) is 4.26. The molecule has 2 nitrogen and oxygen atoms in total. The van der Waals surface area contributed by atoms with E-state index in [1.165, 1.54) is 58.5 Å². The molecule has 144 valence electrons. The minimum Gasteiger partial charge on any atom is -0.469 e. The van der Waals surface area contributed by atoms with Crippen molar-refractivity contribution in [1.82, 2.24) is 0 Å². The summed E-state index contributed by atoms with van der Waals surface area (Å²) in [6, 6.07) is 0. The van der Waals surface area contributed by atoms with Gasteiger partial charge in [0, 0.05) is 6.42 Å². The van der Waals surface area contributed by atoms with E-state index in [0.717, 1.165) is 32.1 Å². The number of carbonyl (C=O) groups is 1. The fourth-order valence-electron chi connectivity index (χ4n) is 2.70. The van der Waals surface area contributed by atoms with E-state index in [4.69, 9.17) is 0 Å². The van der Waals surface area contributed by atoms with Crippen LogP contribution in [0.1, 0.15) is 96.8 Å². The summed E-state index contributed by atoms with van der Waals surface area (Å²) in [6.07, 6.45) is 30.0. The van der Waals surface area contributed by atoms with E-state index in [1.807, 2.05) is 0 Å². The fourth-order valence-corrected chi connectivity index (χ4v) is 2.70. The number of carbonyl (C=O) groups excluding carboxylic acids is 1. The summed E-state index contributed by atoms with van der Waals surface area (Å²) in [7, 11) is 1.46. The van der Waals surface area contributed by atoms with Crippen molar-refractivity contribution in [1.29, 1.82) is 0 Å². The van der Waals surface area contributed by atoms with E-state index < -0.39 is 0 Å². The van der Waals surface area contributed by atoms with Crippen LogP contribution in [0.25, 0.3) is 0 Å². The molecule has 0 aliphatic heterocycles. The maximum absolute atomic E-state index is 11.0. The molecule has 25 heavy (non-hydrogen) atoms. The summed E-state index contributed by atoms with van der Waals surface area (Å²) in [5, 5.41) is 0. The molecule has 0 atom stereocenters. The fraction of sp³-hybridized carbons (Fsp3) is 0.696. The molecule has 0 aliphatic rings. The van der Waals surface area contributed by atoms with Crippen molar-refractivity contribution in [2.75, 3.05) is 7.11 Å². The highest BCUT2D eigenvalue weighted by Crippen LogP contribution is 2.11. The van der Waals surface area contributed by atoms with Gasteiger partial charge in [-0.3, -0.25) is 4.79 Å². The van der Waals surface area contributed by atoms with Gasteiger partial charge in [-0.2, -0.15) is 0 Å². The van der Waals surface area contributed by atoms with Crippen LogP contribution in [0.3, 0.4) is 0 Å². The van der Waals surface area contributed by atoms with Gasteiger partial charge in [0.1, 0.15) is 0 Å². The van der Waals surface area contributed by atoms with Gasteiger partial charge in [-0.25, -0.2) is 0 Å². The van der Waals surface area contributed by atoms with Crippen LogP contribution in [-0.2, 0) is 9.53 Å². The van der Waals surface area contributed by atoms with Gasteiger partial charge in [-0.1, -0.05) is 88.3 Å². The predicted octanol–water partition coefficient (Wildman–Crippen LogP) is 7.31. The number of hydrogen-bond donors (Lipinski definition) is 0. The summed E-state index contributed by atoms with van der Waals surface area (Å²) < 4.78 is 4.64. The molecule has 2 heteroatoms. The highest BCUT2D eigenvalue weighted by Gasteiger charge is 1.98. The largest absolute Gasteiger partial charge is 0.469 e. The van der Waals surface area contributed by atoms with Crippen molar-refractivity contribution in [3.63, 3.8) is 0 Å². The van der Waals surface area contributed by atoms with E-state index in [2.05, 4.69) is 48.1 Å². The minimum absolute atomic E-state index is 0.0748. The average molecular weight is 349 g/mol. The highest BCUT2D eigenvalue weighted by molar-refractivity contribution is 5.68. The van der Waals surface area contributed by atoms with Crippen molar-refractivity contribution in [3.8, 4) is 0 Å². The second kappa shape index (κ2) is 20.7. The molecule has 0 aromatic rings. The Morgan fingerprint density at radius 3 is 1.72 bits per heavy atom. The molecule has 0 N–H and O–H groups in total. The molecule has 0 radical (unpaired) electrons. The zero-order valence-electron chi connectivity index (χ0n) is 16.7. The first-order valence-electron chi connectivity index (χ1n) is 10.3. The average Bonchev–Trinajstić information content (AvgIpc) is 2.63. The smallest absolute Gasteiger partial charge is 0.305 e. The zero-order valence-corrected chi connectivity index (χ0v) is 16.7. The van der Waals surface area contributed by atoms with Gasteiger partial charge in [-0.15, -0.1) is 0 Å². The van der Waals surface area contributed by atoms with Gasteiger partial charge in [-0.05, 0) is 38.5 Å². The lowest BCUT2D eigenvalue weighted by molar-refractivity contribution is -0.140. The summed E-state index contributed by atoms with van der Waals surface area (Å²) in [4.78, 5) is 11.0. The van der Waals surface area contributed by atoms with Crippen molar-refractivity contribution in [2.45, 2.75) is 96.8 Å². The van der Waals surface area contributed by atoms with Crippen molar-refractivity contribution in [2.24, 2.45) is 0 Å². The minimum atomic E-state index is -0.0748. The molecule has 0 amide bonds. The second-order valence-electron chi connectivity index (χ2n) is 6.59. The Hall–Kier alpha value is -1.31. The normalized spacial score (nSPS) is 11.9. The molecule has 0 fully saturated rings. The molecule has 0 aromatic heterocycles. The number of rotatable bonds is 17. The lowest BCUT2D eigenvalue weighted by Crippen LogP contribution is -1.99. The van der Waals surface area contributed by atoms with Gasteiger partial charge in [0.25, 0.3) is 0 Å². The van der Waals surface area contributed by atoms with E-state index >= 15 is 0 Å². The Morgan fingerprint density at radius 1 is 0.680 bits per heavy atom. The Bertz CT molecular complexity index is 366. The van der Waals surface area contributed by atoms with Gasteiger partial charge in [0.15, 0.2) is 0 Å². The Morgan fingerprint density at radius 2 is 1.16 bits per heavy atom. The highest BCUT2D eigenvalue weighted by atomic mass is 16.5. The van der Waals surface area contributed by atoms with Crippen LogP contribution in [0, 0.1) is 0 Å². The number of esters is 1. The monoisotopic (exact) mass is 348 g/mol. The standard InChI is InChI=1S/C23H40O2/c1-3-4-5-6-7-8-9-10-11-12-13-14-15-16-17-18-19-20-21-22-23(24)25-2/h4-5,7-8,10-11H,3,6,9,12-22H2,1-2H3/b5-4+,8-7+,11-10-. The summed E-state index contributed by atoms with van der Waals surface area (Å²) in [5.74, 6) is -0.0748. The zero-order chi connectivity index (χ0) is 18.4. The number of methoxy groups -OCH3 is 1. The molecule has 0 saturated heterocycles. The molecule has 0 spiro atoms.